The van der Waals surface area contributed by atoms with E-state index in [0.29, 0.717) is 11.1 Å². The second-order valence-electron chi connectivity index (χ2n) is 7.77. The fraction of sp³-hybridized carbons (Fsp3) is 0.450. The molecule has 0 spiro atoms. The zero-order chi connectivity index (χ0) is 22.9. The number of rotatable bonds is 7. The lowest BCUT2D eigenvalue weighted by atomic mass is 10.1. The maximum Gasteiger partial charge on any atom is 0.340 e. The van der Waals surface area contributed by atoms with Crippen LogP contribution in [0.5, 0.6) is 5.88 Å². The molecule has 0 saturated carbocycles. The third-order valence-corrected chi connectivity index (χ3v) is 3.28. The van der Waals surface area contributed by atoms with Crippen molar-refractivity contribution < 1.29 is 32.8 Å². The van der Waals surface area contributed by atoms with Crippen molar-refractivity contribution in [3.05, 3.63) is 54.0 Å². The molecule has 0 aromatic carbocycles. The molecule has 10 heteroatoms. The molecule has 0 fully saturated rings. The first-order valence-corrected chi connectivity index (χ1v) is 9.10. The van der Waals surface area contributed by atoms with Gasteiger partial charge in [0, 0.05) is 30.2 Å². The molecule has 2 aromatic heterocycles. The number of alkyl halides is 4. The lowest BCUT2D eigenvalue weighted by Crippen LogP contribution is -2.67. The molecule has 1 amide bonds. The van der Waals surface area contributed by atoms with Crippen LogP contribution in [-0.4, -0.2) is 40.4 Å². The monoisotopic (exact) mass is 431 g/mol. The van der Waals surface area contributed by atoms with Crippen LogP contribution in [0.25, 0.3) is 0 Å². The van der Waals surface area contributed by atoms with Crippen molar-refractivity contribution >= 4 is 5.91 Å². The molecule has 166 valence electrons. The molecule has 0 aliphatic heterocycles. The second-order valence-corrected chi connectivity index (χ2v) is 7.77. The number of ether oxygens (including phenoxy) is 1. The SMILES string of the molecule is CC(C)(C)[NH3+].CC(NC(=O)c1ccncc1)c1ccc(OCC(F)(F)C(F)F)nc1. The van der Waals surface area contributed by atoms with E-state index in [0.717, 1.165) is 0 Å². The fourth-order valence-corrected chi connectivity index (χ4v) is 1.83. The van der Waals surface area contributed by atoms with Gasteiger partial charge in [0.25, 0.3) is 5.91 Å². The number of amides is 1. The van der Waals surface area contributed by atoms with Gasteiger partial charge >= 0.3 is 12.3 Å². The van der Waals surface area contributed by atoms with E-state index >= 15 is 0 Å². The molecular weight excluding hydrogens is 404 g/mol. The maximum atomic E-state index is 12.8. The summed E-state index contributed by atoms with van der Waals surface area (Å²) in [6, 6.07) is 5.47. The number of hydrogen-bond acceptors (Lipinski definition) is 4. The number of pyridine rings is 2. The van der Waals surface area contributed by atoms with Gasteiger partial charge in [-0.15, -0.1) is 0 Å². The van der Waals surface area contributed by atoms with E-state index in [-0.39, 0.29) is 17.3 Å². The van der Waals surface area contributed by atoms with Crippen LogP contribution in [0.15, 0.2) is 42.9 Å². The molecule has 2 rings (SSSR count). The zero-order valence-electron chi connectivity index (χ0n) is 17.3. The van der Waals surface area contributed by atoms with E-state index < -0.39 is 25.0 Å². The molecular formula is C20H27F4N4O2+. The Morgan fingerprint density at radius 2 is 1.73 bits per heavy atom. The van der Waals surface area contributed by atoms with Crippen molar-refractivity contribution in [2.75, 3.05) is 6.61 Å². The molecule has 1 atom stereocenters. The van der Waals surface area contributed by atoms with Gasteiger partial charge < -0.3 is 15.8 Å². The average molecular weight is 431 g/mol. The Labute approximate surface area is 172 Å². The van der Waals surface area contributed by atoms with E-state index in [1.807, 2.05) is 0 Å². The zero-order valence-corrected chi connectivity index (χ0v) is 17.3. The van der Waals surface area contributed by atoms with Crippen LogP contribution >= 0.6 is 0 Å². The quantitative estimate of drug-likeness (QED) is 0.659. The van der Waals surface area contributed by atoms with Gasteiger partial charge in [-0.2, -0.15) is 8.78 Å². The average Bonchev–Trinajstić information content (AvgIpc) is 2.66. The standard InChI is InChI=1S/C16H15F4N3O2.C4H11N/c1-10(23-14(24)11-4-6-21-7-5-11)12-2-3-13(22-8-12)25-9-16(19,20)15(17)18;1-4(2,3)5/h2-8,10,15H,9H2,1H3,(H,23,24);5H2,1-3H3/p+1. The molecule has 0 radical (unpaired) electrons. The summed E-state index contributed by atoms with van der Waals surface area (Å²) < 4.78 is 54.3. The normalized spacial score (nSPS) is 12.6. The van der Waals surface area contributed by atoms with Crippen molar-refractivity contribution in [3.8, 4) is 5.88 Å². The first kappa shape index (κ1) is 25.3. The minimum Gasteiger partial charge on any atom is -0.471 e. The highest BCUT2D eigenvalue weighted by Gasteiger charge is 2.41. The van der Waals surface area contributed by atoms with E-state index in [4.69, 9.17) is 0 Å². The van der Waals surface area contributed by atoms with E-state index in [1.165, 1.54) is 30.7 Å². The number of hydrogen-bond donors (Lipinski definition) is 2. The van der Waals surface area contributed by atoms with Gasteiger partial charge in [-0.3, -0.25) is 9.78 Å². The molecule has 0 aliphatic carbocycles. The largest absolute Gasteiger partial charge is 0.471 e. The highest BCUT2D eigenvalue weighted by atomic mass is 19.3. The van der Waals surface area contributed by atoms with Crippen molar-refractivity contribution in [2.24, 2.45) is 0 Å². The van der Waals surface area contributed by atoms with Crippen LogP contribution in [0, 0.1) is 0 Å². The number of nitrogens with zero attached hydrogens (tertiary/aromatic N) is 2. The third kappa shape index (κ3) is 9.64. The number of carbonyl (C=O) groups is 1. The Balaban J connectivity index is 0.000000804. The van der Waals surface area contributed by atoms with Crippen molar-refractivity contribution in [2.45, 2.75) is 51.6 Å². The molecule has 2 heterocycles. The first-order valence-electron chi connectivity index (χ1n) is 9.10. The fourth-order valence-electron chi connectivity index (χ4n) is 1.83. The van der Waals surface area contributed by atoms with Gasteiger partial charge in [-0.1, -0.05) is 6.07 Å². The van der Waals surface area contributed by atoms with Crippen LogP contribution in [0.1, 0.15) is 49.7 Å². The molecule has 0 aliphatic rings. The van der Waals surface area contributed by atoms with Crippen LogP contribution in [0.3, 0.4) is 0 Å². The van der Waals surface area contributed by atoms with Gasteiger partial charge in [-0.25, -0.2) is 13.8 Å². The summed E-state index contributed by atoms with van der Waals surface area (Å²) in [5.74, 6) is -4.77. The summed E-state index contributed by atoms with van der Waals surface area (Å²) in [4.78, 5) is 19.6. The van der Waals surface area contributed by atoms with E-state index in [1.54, 1.807) is 19.1 Å². The van der Waals surface area contributed by atoms with Gasteiger partial charge in [0.2, 0.25) is 5.88 Å². The third-order valence-electron chi connectivity index (χ3n) is 3.28. The predicted octanol–water partition coefficient (Wildman–Crippen LogP) is 3.27. The Morgan fingerprint density at radius 1 is 1.17 bits per heavy atom. The van der Waals surface area contributed by atoms with Crippen LogP contribution < -0.4 is 15.8 Å². The predicted molar refractivity (Wildman–Crippen MR) is 103 cm³/mol. The lowest BCUT2D eigenvalue weighted by molar-refractivity contribution is -0.458. The summed E-state index contributed by atoms with van der Waals surface area (Å²) in [5.41, 5.74) is 5.05. The molecule has 1 unspecified atom stereocenters. The second kappa shape index (κ2) is 10.9. The van der Waals surface area contributed by atoms with E-state index in [2.05, 4.69) is 46.5 Å². The summed E-state index contributed by atoms with van der Waals surface area (Å²) >= 11 is 0. The summed E-state index contributed by atoms with van der Waals surface area (Å²) in [6.07, 6.45) is 0.480. The van der Waals surface area contributed by atoms with Crippen LogP contribution in [-0.2, 0) is 0 Å². The van der Waals surface area contributed by atoms with Gasteiger partial charge in [0.05, 0.1) is 11.6 Å². The Bertz CT molecular complexity index is 776. The number of carbonyl (C=O) groups excluding carboxylic acids is 1. The number of nitrogens with one attached hydrogen (secondary N) is 1. The number of quaternary nitrogens is 1. The Morgan fingerprint density at radius 3 is 2.20 bits per heavy atom. The van der Waals surface area contributed by atoms with Gasteiger partial charge in [0.15, 0.2) is 6.61 Å². The van der Waals surface area contributed by atoms with Crippen LogP contribution in [0.4, 0.5) is 17.6 Å². The highest BCUT2D eigenvalue weighted by molar-refractivity contribution is 5.94. The van der Waals surface area contributed by atoms with Crippen LogP contribution in [0.2, 0.25) is 0 Å². The molecule has 2 aromatic rings. The summed E-state index contributed by atoms with van der Waals surface area (Å²) in [6.45, 7) is 6.47. The van der Waals surface area contributed by atoms with Crippen molar-refractivity contribution in [1.82, 2.24) is 15.3 Å². The minimum atomic E-state index is -4.24. The topological polar surface area (TPSA) is 91.8 Å². The Kier molecular flexibility index (Phi) is 9.16. The van der Waals surface area contributed by atoms with Gasteiger partial charge in [0.1, 0.15) is 0 Å². The summed E-state index contributed by atoms with van der Waals surface area (Å²) in [7, 11) is 0. The molecule has 0 saturated heterocycles. The van der Waals surface area contributed by atoms with Crippen molar-refractivity contribution in [3.63, 3.8) is 0 Å². The first-order chi connectivity index (χ1) is 13.8. The molecule has 0 bridgehead atoms. The van der Waals surface area contributed by atoms with E-state index in [9.17, 15) is 22.4 Å². The lowest BCUT2D eigenvalue weighted by Gasteiger charge is -2.16. The number of aromatic nitrogens is 2. The molecule has 4 N–H and O–H groups in total. The smallest absolute Gasteiger partial charge is 0.340 e. The molecule has 30 heavy (non-hydrogen) atoms. The van der Waals surface area contributed by atoms with Crippen molar-refractivity contribution in [1.29, 1.82) is 0 Å². The minimum absolute atomic E-state index is 0.211. The molecule has 6 nitrogen and oxygen atoms in total. The summed E-state index contributed by atoms with van der Waals surface area (Å²) in [5, 5.41) is 2.74. The number of halogens is 4. The van der Waals surface area contributed by atoms with Gasteiger partial charge in [-0.05, 0) is 45.4 Å². The maximum absolute atomic E-state index is 12.8. The highest BCUT2D eigenvalue weighted by Crippen LogP contribution is 2.24. The Hall–Kier alpha value is -2.75.